The van der Waals surface area contributed by atoms with Crippen molar-refractivity contribution in [2.45, 2.75) is 32.2 Å². The fourth-order valence-electron chi connectivity index (χ4n) is 2.72. The normalized spacial score (nSPS) is 17.5. The largest absolute Gasteiger partial charge is 0.573 e. The van der Waals surface area contributed by atoms with Crippen molar-refractivity contribution in [1.82, 2.24) is 9.97 Å². The lowest BCUT2D eigenvalue weighted by atomic mass is 10.0. The molecule has 0 spiro atoms. The predicted octanol–water partition coefficient (Wildman–Crippen LogP) is 3.80. The topological polar surface area (TPSA) is 56.3 Å². The van der Waals surface area contributed by atoms with Crippen LogP contribution in [-0.4, -0.2) is 29.5 Å². The highest BCUT2D eigenvalue weighted by molar-refractivity contribution is 5.41. The maximum Gasteiger partial charge on any atom is 0.573 e. The van der Waals surface area contributed by atoms with Crippen molar-refractivity contribution in [3.8, 4) is 5.75 Å². The number of ether oxygens (including phenoxy) is 2. The van der Waals surface area contributed by atoms with Crippen LogP contribution in [0.25, 0.3) is 0 Å². The second-order valence-electron chi connectivity index (χ2n) is 5.79. The molecule has 1 aromatic heterocycles. The molecule has 1 saturated heterocycles. The molecular formula is C17H18F3N3O2. The molecule has 2 heterocycles. The summed E-state index contributed by atoms with van der Waals surface area (Å²) in [6.07, 6.45) is -3.82. The summed E-state index contributed by atoms with van der Waals surface area (Å²) in [5.74, 6) is 1.17. The standard InChI is InChI=1S/C17H18F3N3O2/c1-11-22-14(13-6-7-24-10-13)8-16(23-11)21-9-12-4-2-3-5-15(12)25-17(18,19)20/h2-5,8,13H,6-7,9-10H2,1H3,(H,21,22,23)/t13-/m1/s1. The Morgan fingerprint density at radius 2 is 2.08 bits per heavy atom. The van der Waals surface area contributed by atoms with Gasteiger partial charge in [0.1, 0.15) is 17.4 Å². The van der Waals surface area contributed by atoms with Crippen molar-refractivity contribution in [3.05, 3.63) is 47.4 Å². The number of para-hydroxylation sites is 1. The molecule has 8 heteroatoms. The molecule has 0 saturated carbocycles. The number of nitrogens with zero attached hydrogens (tertiary/aromatic N) is 2. The van der Waals surface area contributed by atoms with Crippen LogP contribution < -0.4 is 10.1 Å². The Kier molecular flexibility index (Phi) is 5.08. The molecule has 1 fully saturated rings. The van der Waals surface area contributed by atoms with Gasteiger partial charge in [0.25, 0.3) is 0 Å². The first kappa shape index (κ1) is 17.5. The van der Waals surface area contributed by atoms with E-state index in [4.69, 9.17) is 4.74 Å². The van der Waals surface area contributed by atoms with E-state index in [0.717, 1.165) is 12.1 Å². The third-order valence-corrected chi connectivity index (χ3v) is 3.86. The quantitative estimate of drug-likeness (QED) is 0.886. The fraction of sp³-hybridized carbons (Fsp3) is 0.412. The summed E-state index contributed by atoms with van der Waals surface area (Å²) < 4.78 is 46.9. The lowest BCUT2D eigenvalue weighted by Crippen LogP contribution is -2.18. The van der Waals surface area contributed by atoms with Crippen LogP contribution in [0.2, 0.25) is 0 Å². The molecule has 25 heavy (non-hydrogen) atoms. The highest BCUT2D eigenvalue weighted by Gasteiger charge is 2.32. The van der Waals surface area contributed by atoms with Gasteiger partial charge in [0.15, 0.2) is 0 Å². The molecule has 1 atom stereocenters. The average Bonchev–Trinajstić information content (AvgIpc) is 3.06. The third kappa shape index (κ3) is 4.82. The van der Waals surface area contributed by atoms with Gasteiger partial charge in [-0.05, 0) is 19.4 Å². The Balaban J connectivity index is 1.74. The number of alkyl halides is 3. The number of nitrogens with one attached hydrogen (secondary N) is 1. The second kappa shape index (κ2) is 7.26. The van der Waals surface area contributed by atoms with Gasteiger partial charge in [-0.15, -0.1) is 13.2 Å². The first-order valence-electron chi connectivity index (χ1n) is 7.91. The maximum atomic E-state index is 12.5. The van der Waals surface area contributed by atoms with E-state index in [9.17, 15) is 13.2 Å². The van der Waals surface area contributed by atoms with Crippen LogP contribution in [0, 0.1) is 6.92 Å². The molecule has 2 aromatic rings. The maximum absolute atomic E-state index is 12.5. The lowest BCUT2D eigenvalue weighted by molar-refractivity contribution is -0.274. The van der Waals surface area contributed by atoms with Crippen molar-refractivity contribution < 1.29 is 22.6 Å². The van der Waals surface area contributed by atoms with E-state index in [1.54, 1.807) is 19.1 Å². The molecule has 1 aliphatic heterocycles. The highest BCUT2D eigenvalue weighted by atomic mass is 19.4. The molecule has 1 N–H and O–H groups in total. The Bertz CT molecular complexity index is 731. The predicted molar refractivity (Wildman–Crippen MR) is 85.4 cm³/mol. The van der Waals surface area contributed by atoms with Crippen LogP contribution in [-0.2, 0) is 11.3 Å². The molecule has 134 valence electrons. The Labute approximate surface area is 143 Å². The van der Waals surface area contributed by atoms with Crippen molar-refractivity contribution in [2.24, 2.45) is 0 Å². The van der Waals surface area contributed by atoms with Crippen molar-refractivity contribution in [3.63, 3.8) is 0 Å². The summed E-state index contributed by atoms with van der Waals surface area (Å²) in [7, 11) is 0. The SMILES string of the molecule is Cc1nc(NCc2ccccc2OC(F)(F)F)cc([C@@H]2CCOC2)n1. The molecule has 0 unspecified atom stereocenters. The van der Waals surface area contributed by atoms with E-state index in [2.05, 4.69) is 20.0 Å². The van der Waals surface area contributed by atoms with Gasteiger partial charge in [-0.1, -0.05) is 18.2 Å². The van der Waals surface area contributed by atoms with Crippen LogP contribution in [0.3, 0.4) is 0 Å². The molecule has 1 aliphatic rings. The minimum atomic E-state index is -4.72. The third-order valence-electron chi connectivity index (χ3n) is 3.86. The van der Waals surface area contributed by atoms with E-state index >= 15 is 0 Å². The number of rotatable bonds is 5. The number of aryl methyl sites for hydroxylation is 1. The molecule has 0 amide bonds. The second-order valence-corrected chi connectivity index (χ2v) is 5.79. The number of benzene rings is 1. The minimum Gasteiger partial charge on any atom is -0.405 e. The van der Waals surface area contributed by atoms with Gasteiger partial charge in [-0.25, -0.2) is 9.97 Å². The van der Waals surface area contributed by atoms with Crippen LogP contribution in [0.5, 0.6) is 5.75 Å². The van der Waals surface area contributed by atoms with Crippen LogP contribution in [0.4, 0.5) is 19.0 Å². The van der Waals surface area contributed by atoms with E-state index in [1.807, 2.05) is 6.07 Å². The van der Waals surface area contributed by atoms with Gasteiger partial charge in [-0.2, -0.15) is 0 Å². The molecular weight excluding hydrogens is 335 g/mol. The van der Waals surface area contributed by atoms with E-state index in [-0.39, 0.29) is 18.2 Å². The summed E-state index contributed by atoms with van der Waals surface area (Å²) in [6.45, 7) is 3.27. The molecule has 3 rings (SSSR count). The number of anilines is 1. The number of hydrogen-bond donors (Lipinski definition) is 1. The van der Waals surface area contributed by atoms with Crippen LogP contribution >= 0.6 is 0 Å². The average molecular weight is 353 g/mol. The number of halogens is 3. The minimum absolute atomic E-state index is 0.156. The zero-order chi connectivity index (χ0) is 17.9. The van der Waals surface area contributed by atoms with E-state index < -0.39 is 6.36 Å². The zero-order valence-corrected chi connectivity index (χ0v) is 13.6. The van der Waals surface area contributed by atoms with Gasteiger partial charge in [-0.3, -0.25) is 0 Å². The van der Waals surface area contributed by atoms with E-state index in [1.165, 1.54) is 12.1 Å². The summed E-state index contributed by atoms with van der Waals surface area (Å²) in [5.41, 5.74) is 1.27. The first-order valence-corrected chi connectivity index (χ1v) is 7.91. The summed E-state index contributed by atoms with van der Waals surface area (Å²) >= 11 is 0. The van der Waals surface area contributed by atoms with Crippen molar-refractivity contribution in [2.75, 3.05) is 18.5 Å². The van der Waals surface area contributed by atoms with Gasteiger partial charge in [0.05, 0.1) is 12.3 Å². The summed E-state index contributed by atoms with van der Waals surface area (Å²) in [5, 5.41) is 3.05. The molecule has 0 bridgehead atoms. The highest BCUT2D eigenvalue weighted by Crippen LogP contribution is 2.28. The Morgan fingerprint density at radius 1 is 1.28 bits per heavy atom. The Hall–Kier alpha value is -2.35. The van der Waals surface area contributed by atoms with Crippen molar-refractivity contribution in [1.29, 1.82) is 0 Å². The molecule has 1 aromatic carbocycles. The van der Waals surface area contributed by atoms with Crippen LogP contribution in [0.15, 0.2) is 30.3 Å². The van der Waals surface area contributed by atoms with Crippen molar-refractivity contribution >= 4 is 5.82 Å². The summed E-state index contributed by atoms with van der Waals surface area (Å²) in [4.78, 5) is 8.73. The number of hydrogen-bond acceptors (Lipinski definition) is 5. The Morgan fingerprint density at radius 3 is 2.80 bits per heavy atom. The molecule has 0 radical (unpaired) electrons. The van der Waals surface area contributed by atoms with Gasteiger partial charge in [0, 0.05) is 30.7 Å². The zero-order valence-electron chi connectivity index (χ0n) is 13.6. The molecule has 0 aliphatic carbocycles. The van der Waals surface area contributed by atoms with Gasteiger partial charge in [0.2, 0.25) is 0 Å². The smallest absolute Gasteiger partial charge is 0.405 e. The van der Waals surface area contributed by atoms with Gasteiger partial charge >= 0.3 is 6.36 Å². The van der Waals surface area contributed by atoms with Crippen LogP contribution in [0.1, 0.15) is 29.4 Å². The van der Waals surface area contributed by atoms with E-state index in [0.29, 0.717) is 30.4 Å². The first-order chi connectivity index (χ1) is 11.9. The fourth-order valence-corrected chi connectivity index (χ4v) is 2.72. The summed E-state index contributed by atoms with van der Waals surface area (Å²) in [6, 6.07) is 7.84. The lowest BCUT2D eigenvalue weighted by Gasteiger charge is -2.15. The monoisotopic (exact) mass is 353 g/mol. The number of aromatic nitrogens is 2. The van der Waals surface area contributed by atoms with Gasteiger partial charge < -0.3 is 14.8 Å². The molecule has 5 nitrogen and oxygen atoms in total.